The number of rotatable bonds is 36. The number of hydroxylamine groups is 2. The molecule has 0 radical (unpaired) electrons. The van der Waals surface area contributed by atoms with Gasteiger partial charge in [0.25, 0.3) is 17.7 Å². The van der Waals surface area contributed by atoms with Crippen molar-refractivity contribution in [3.63, 3.8) is 0 Å². The van der Waals surface area contributed by atoms with E-state index in [1.54, 1.807) is 62.3 Å². The standard InChI is InChI=1S/C58H89N7O13S.C3H8.6C2H6/c1-12-39(6)51(47(73-10)36-48(66)64-26-18-23-46(64)52(74-11)40(7)53(67)59-45(35-41-19-14-13-15-20-41)54(68)61-79-42-24-25-42)63(9)58(72)49(37(2)3)60-55(69)50(38(4)5)62(8)27-28-75-29-30-76-31-32-77-33-34-78-65-56(70)43-21-16-17-22-44(43)57(65)71;1-3-2;6*1-2/h13-17,19-22,37-40,42,45-47,49-52H,12,18,23-36H2,1-11H3,(H,59,67)(H,60,69)(H,61,68);3H2,1-2H3;6*1-2H3/t39?,40?,45?,46?,47?,49-,50?,51?,52?;;;;;;;/m0......./s1. The second kappa shape index (κ2) is 56.1. The van der Waals surface area contributed by atoms with Gasteiger partial charge in [0.15, 0.2) is 0 Å². The van der Waals surface area contributed by atoms with E-state index in [9.17, 15) is 33.6 Å². The SMILES string of the molecule is CC.CC.CC.CC.CC.CC.CCC.CCC(C)C(C(CC(=O)N1CCCC1C(OC)C(C)C(=O)NC(Cc1ccccc1)C(=O)NSC1CC1)OC)N(C)C(=O)[C@@H](NC(=O)C(C(C)C)N(C)CCOCCOCCOCCON1C(=O)c2ccccc2C1=O)C(C)C. The maximum Gasteiger partial charge on any atom is 0.285 e. The molecule has 1 saturated heterocycles. The third kappa shape index (κ3) is 32.4. The number of methoxy groups -OCH3 is 2. The molecule has 2 aromatic rings. The van der Waals surface area contributed by atoms with Crippen molar-refractivity contribution in [2.45, 2.75) is 244 Å². The molecule has 7 amide bonds. The van der Waals surface area contributed by atoms with Crippen LogP contribution < -0.4 is 15.4 Å². The van der Waals surface area contributed by atoms with Gasteiger partial charge in [0.05, 0.1) is 100 Å². The summed E-state index contributed by atoms with van der Waals surface area (Å²) in [5.41, 5.74) is 1.54. The summed E-state index contributed by atoms with van der Waals surface area (Å²) in [6.45, 7) is 44.4. The van der Waals surface area contributed by atoms with Crippen LogP contribution in [0.2, 0.25) is 0 Å². The van der Waals surface area contributed by atoms with E-state index in [0.29, 0.717) is 81.6 Å². The average molecular weight is 1350 g/mol. The van der Waals surface area contributed by atoms with Gasteiger partial charge < -0.3 is 44.1 Å². The predicted molar refractivity (Wildman–Crippen MR) is 384 cm³/mol. The third-order valence-electron chi connectivity index (χ3n) is 15.2. The Hall–Kier alpha value is -5.00. The zero-order valence-electron chi connectivity index (χ0n) is 63.1. The second-order valence-electron chi connectivity index (χ2n) is 22.4. The highest BCUT2D eigenvalue weighted by molar-refractivity contribution is 7.98. The summed E-state index contributed by atoms with van der Waals surface area (Å²) in [5.74, 6) is -3.54. The van der Waals surface area contributed by atoms with Gasteiger partial charge in [0.1, 0.15) is 12.1 Å². The molecule has 5 rings (SSSR count). The van der Waals surface area contributed by atoms with E-state index < -0.39 is 60.1 Å². The largest absolute Gasteiger partial charge is 0.379 e. The first-order valence-electron chi connectivity index (χ1n) is 35.5. The lowest BCUT2D eigenvalue weighted by Crippen LogP contribution is -2.60. The van der Waals surface area contributed by atoms with E-state index in [1.165, 1.54) is 18.4 Å². The number of nitrogens with zero attached hydrogens (tertiary/aromatic N) is 4. The lowest BCUT2D eigenvalue weighted by molar-refractivity contribution is -0.148. The number of likely N-dealkylation sites (tertiary alicyclic amines) is 1. The molecular weight excluding hydrogens is 1210 g/mol. The van der Waals surface area contributed by atoms with Gasteiger partial charge in [-0.1, -0.05) is 201 Å². The maximum absolute atomic E-state index is 14.7. The summed E-state index contributed by atoms with van der Waals surface area (Å²) in [4.78, 5) is 106. The van der Waals surface area contributed by atoms with Gasteiger partial charge >= 0.3 is 0 Å². The molecule has 2 aromatic carbocycles. The Morgan fingerprint density at radius 2 is 1.13 bits per heavy atom. The van der Waals surface area contributed by atoms with E-state index in [-0.39, 0.29) is 73.5 Å². The number of imide groups is 1. The molecule has 544 valence electrons. The molecule has 1 saturated carbocycles. The number of hydrogen-bond donors (Lipinski definition) is 3. The number of hydrogen-bond acceptors (Lipinski definition) is 15. The van der Waals surface area contributed by atoms with E-state index in [1.807, 2.05) is 167 Å². The number of fused-ring (bicyclic) bond motifs is 1. The Bertz CT molecular complexity index is 2280. The van der Waals surface area contributed by atoms with Crippen molar-refractivity contribution < 1.29 is 62.1 Å². The maximum atomic E-state index is 14.7. The van der Waals surface area contributed by atoms with E-state index in [2.05, 4.69) is 29.2 Å². The normalized spacial score (nSPS) is 16.1. The van der Waals surface area contributed by atoms with Crippen molar-refractivity contribution in [1.29, 1.82) is 0 Å². The Morgan fingerprint density at radius 3 is 1.60 bits per heavy atom. The highest BCUT2D eigenvalue weighted by Gasteiger charge is 2.44. The first-order valence-corrected chi connectivity index (χ1v) is 36.4. The van der Waals surface area contributed by atoms with Crippen LogP contribution in [0, 0.1) is 23.7 Å². The minimum absolute atomic E-state index is 0.0189. The zero-order valence-corrected chi connectivity index (χ0v) is 64.0. The van der Waals surface area contributed by atoms with Crippen molar-refractivity contribution in [1.82, 2.24) is 35.1 Å². The van der Waals surface area contributed by atoms with Crippen LogP contribution in [0.25, 0.3) is 0 Å². The molecule has 2 fully saturated rings. The van der Waals surface area contributed by atoms with Crippen LogP contribution in [0.3, 0.4) is 0 Å². The highest BCUT2D eigenvalue weighted by atomic mass is 32.2. The molecule has 3 N–H and O–H groups in total. The minimum atomic E-state index is -0.874. The van der Waals surface area contributed by atoms with Crippen LogP contribution in [0.5, 0.6) is 0 Å². The van der Waals surface area contributed by atoms with Crippen LogP contribution in [0.4, 0.5) is 0 Å². The predicted octanol–water partition coefficient (Wildman–Crippen LogP) is 12.5. The topological polar surface area (TPSA) is 224 Å². The molecule has 2 heterocycles. The van der Waals surface area contributed by atoms with Gasteiger partial charge in [-0.05, 0) is 80.1 Å². The van der Waals surface area contributed by atoms with E-state index in [4.69, 9.17) is 28.5 Å². The average Bonchev–Trinajstić information content (AvgIpc) is 1.57. The van der Waals surface area contributed by atoms with Gasteiger partial charge in [0, 0.05) is 46.0 Å². The number of carbonyl (C=O) groups is 7. The lowest BCUT2D eigenvalue weighted by Gasteiger charge is -2.41. The molecule has 8 unspecified atom stereocenters. The first kappa shape index (κ1) is 93.2. The Labute approximate surface area is 574 Å². The number of amides is 7. The van der Waals surface area contributed by atoms with E-state index >= 15 is 0 Å². The molecule has 20 nitrogen and oxygen atoms in total. The third-order valence-corrected chi connectivity index (χ3v) is 16.3. The van der Waals surface area contributed by atoms with Gasteiger partial charge in [-0.15, -0.1) is 5.06 Å². The van der Waals surface area contributed by atoms with Crippen molar-refractivity contribution >= 4 is 53.3 Å². The summed E-state index contributed by atoms with van der Waals surface area (Å²) >= 11 is 1.40. The summed E-state index contributed by atoms with van der Waals surface area (Å²) in [5, 5.41) is 7.25. The molecule has 94 heavy (non-hydrogen) atoms. The smallest absolute Gasteiger partial charge is 0.285 e. The molecule has 0 bridgehead atoms. The van der Waals surface area contributed by atoms with Crippen LogP contribution in [0.15, 0.2) is 54.6 Å². The Balaban J connectivity index is -0.00000511. The van der Waals surface area contributed by atoms with Crippen LogP contribution in [0.1, 0.15) is 217 Å². The van der Waals surface area contributed by atoms with Gasteiger partial charge in [0.2, 0.25) is 23.6 Å². The quantitative estimate of drug-likeness (QED) is 0.0328. The second-order valence-corrected chi connectivity index (χ2v) is 23.5. The summed E-state index contributed by atoms with van der Waals surface area (Å²) in [6, 6.07) is 12.9. The first-order chi connectivity index (χ1) is 45.3. The summed E-state index contributed by atoms with van der Waals surface area (Å²) in [7, 11) is 6.66. The molecule has 1 aliphatic carbocycles. The van der Waals surface area contributed by atoms with Crippen LogP contribution >= 0.6 is 11.9 Å². The van der Waals surface area contributed by atoms with Crippen molar-refractivity contribution in [3.05, 3.63) is 71.3 Å². The fourth-order valence-corrected chi connectivity index (χ4v) is 11.2. The molecule has 0 aromatic heterocycles. The molecular formula is C73H133N7O13S. The number of carbonyl (C=O) groups excluding carboxylic acids is 7. The molecule has 0 spiro atoms. The Morgan fingerprint density at radius 1 is 0.628 bits per heavy atom. The number of nitrogens with one attached hydrogen (secondary N) is 3. The number of benzene rings is 2. The van der Waals surface area contributed by atoms with Crippen LogP contribution in [-0.2, 0) is 58.9 Å². The van der Waals surface area contributed by atoms with Gasteiger partial charge in [-0.2, -0.15) is 0 Å². The fourth-order valence-electron chi connectivity index (χ4n) is 10.4. The number of ether oxygens (including phenoxy) is 5. The summed E-state index contributed by atoms with van der Waals surface area (Å²) in [6.07, 6.45) is 4.29. The highest BCUT2D eigenvalue weighted by Crippen LogP contribution is 2.33. The monoisotopic (exact) mass is 1350 g/mol. The van der Waals surface area contributed by atoms with Crippen LogP contribution in [-0.4, -0.2) is 196 Å². The Kier molecular flexibility index (Phi) is 55.6. The molecule has 2 aliphatic heterocycles. The minimum Gasteiger partial charge on any atom is -0.379 e. The van der Waals surface area contributed by atoms with Crippen molar-refractivity contribution in [2.75, 3.05) is 87.7 Å². The van der Waals surface area contributed by atoms with Gasteiger partial charge in [-0.3, -0.25) is 48.0 Å². The zero-order chi connectivity index (χ0) is 72.5. The van der Waals surface area contributed by atoms with Crippen molar-refractivity contribution in [3.8, 4) is 0 Å². The van der Waals surface area contributed by atoms with E-state index in [0.717, 1.165) is 23.5 Å². The van der Waals surface area contributed by atoms with Gasteiger partial charge in [-0.25, -0.2) is 0 Å². The molecule has 9 atom stereocenters. The van der Waals surface area contributed by atoms with Crippen molar-refractivity contribution in [2.24, 2.45) is 23.7 Å². The lowest BCUT2D eigenvalue weighted by atomic mass is 9.89. The molecule has 21 heteroatoms. The molecule has 3 aliphatic rings. The summed E-state index contributed by atoms with van der Waals surface area (Å²) < 4.78 is 32.1. The number of likely N-dealkylation sites (N-methyl/N-ethyl adjacent to an activating group) is 2. The fraction of sp³-hybridized carbons (Fsp3) is 0.740.